The molecule has 1 heterocycles. The van der Waals surface area contributed by atoms with Crippen molar-refractivity contribution < 1.29 is 4.74 Å². The van der Waals surface area contributed by atoms with E-state index in [1.807, 2.05) is 6.07 Å². The number of ether oxygens (including phenoxy) is 1. The van der Waals surface area contributed by atoms with Crippen LogP contribution in [-0.2, 0) is 6.61 Å². The second-order valence-electron chi connectivity index (χ2n) is 7.03. The summed E-state index contributed by atoms with van der Waals surface area (Å²) in [5.41, 5.74) is 1.72. The van der Waals surface area contributed by atoms with Gasteiger partial charge < -0.3 is 4.74 Å². The highest BCUT2D eigenvalue weighted by Gasteiger charge is 2.11. The van der Waals surface area contributed by atoms with Crippen LogP contribution in [0.2, 0.25) is 20.1 Å². The van der Waals surface area contributed by atoms with E-state index < -0.39 is 0 Å². The molecule has 0 fully saturated rings. The molecule has 0 amide bonds. The van der Waals surface area contributed by atoms with Gasteiger partial charge in [0.1, 0.15) is 12.4 Å². The fraction of sp³-hybridized carbons (Fsp3) is 0.0870. The highest BCUT2D eigenvalue weighted by atomic mass is 79.9. The van der Waals surface area contributed by atoms with Gasteiger partial charge in [-0.3, -0.25) is 4.79 Å². The molecule has 0 aliphatic carbocycles. The molecule has 0 aliphatic rings. The van der Waals surface area contributed by atoms with Crippen molar-refractivity contribution in [1.29, 1.82) is 0 Å². The Morgan fingerprint density at radius 1 is 1.00 bits per heavy atom. The molecule has 0 spiro atoms. The second kappa shape index (κ2) is 10.0. The standard InChI is InChI=1S/C23H14BrCl4N3O2/c1-12-30-21-5-3-15(24)9-16(21)23(32)31(12)29-10-14-7-19(27)22(20(28)8-14)33-11-13-2-4-17(25)18(26)6-13/h2-10H,11H2,1H3. The van der Waals surface area contributed by atoms with Crippen LogP contribution in [0.4, 0.5) is 0 Å². The third-order valence-corrected chi connectivity index (χ3v) is 6.47. The van der Waals surface area contributed by atoms with Gasteiger partial charge in [-0.1, -0.05) is 68.4 Å². The molecule has 3 aromatic carbocycles. The quantitative estimate of drug-likeness (QED) is 0.227. The van der Waals surface area contributed by atoms with E-state index in [0.717, 1.165) is 10.0 Å². The van der Waals surface area contributed by atoms with Crippen LogP contribution in [0.1, 0.15) is 17.0 Å². The van der Waals surface area contributed by atoms with Crippen LogP contribution in [0.15, 0.2) is 62.9 Å². The molecule has 0 bridgehead atoms. The lowest BCUT2D eigenvalue weighted by atomic mass is 10.2. The summed E-state index contributed by atoms with van der Waals surface area (Å²) in [6.45, 7) is 1.91. The molecule has 10 heteroatoms. The summed E-state index contributed by atoms with van der Waals surface area (Å²) in [5, 5.41) is 6.24. The van der Waals surface area contributed by atoms with Crippen molar-refractivity contribution in [2.45, 2.75) is 13.5 Å². The van der Waals surface area contributed by atoms with Gasteiger partial charge in [0, 0.05) is 4.47 Å². The third-order valence-electron chi connectivity index (χ3n) is 4.68. The summed E-state index contributed by atoms with van der Waals surface area (Å²) in [4.78, 5) is 17.3. The zero-order valence-electron chi connectivity index (χ0n) is 17.0. The van der Waals surface area contributed by atoms with Gasteiger partial charge in [-0.15, -0.1) is 0 Å². The predicted octanol–water partition coefficient (Wildman–Crippen LogP) is 7.54. The van der Waals surface area contributed by atoms with Gasteiger partial charge in [0.15, 0.2) is 5.75 Å². The van der Waals surface area contributed by atoms with Crippen LogP contribution in [0.5, 0.6) is 5.75 Å². The molecule has 0 atom stereocenters. The lowest BCUT2D eigenvalue weighted by Crippen LogP contribution is -2.20. The third kappa shape index (κ3) is 5.36. The van der Waals surface area contributed by atoms with Crippen LogP contribution in [0.3, 0.4) is 0 Å². The Bertz CT molecular complexity index is 1450. The molecule has 0 N–H and O–H groups in total. The van der Waals surface area contributed by atoms with E-state index in [1.54, 1.807) is 49.4 Å². The lowest BCUT2D eigenvalue weighted by Gasteiger charge is -2.11. The zero-order chi connectivity index (χ0) is 23.7. The predicted molar refractivity (Wildman–Crippen MR) is 139 cm³/mol. The van der Waals surface area contributed by atoms with E-state index in [4.69, 9.17) is 51.1 Å². The van der Waals surface area contributed by atoms with E-state index in [-0.39, 0.29) is 12.2 Å². The highest BCUT2D eigenvalue weighted by molar-refractivity contribution is 9.10. The van der Waals surface area contributed by atoms with Crippen LogP contribution in [0, 0.1) is 6.92 Å². The van der Waals surface area contributed by atoms with Crippen molar-refractivity contribution in [3.8, 4) is 5.75 Å². The SMILES string of the molecule is Cc1nc2ccc(Br)cc2c(=O)n1N=Cc1cc(Cl)c(OCc2ccc(Cl)c(Cl)c2)c(Cl)c1. The van der Waals surface area contributed by atoms with Crippen molar-refractivity contribution >= 4 is 79.5 Å². The van der Waals surface area contributed by atoms with Gasteiger partial charge in [-0.2, -0.15) is 9.78 Å². The van der Waals surface area contributed by atoms with Crippen molar-refractivity contribution in [1.82, 2.24) is 9.66 Å². The fourth-order valence-electron chi connectivity index (χ4n) is 3.10. The number of benzene rings is 3. The average Bonchev–Trinajstić information content (AvgIpc) is 2.76. The van der Waals surface area contributed by atoms with Crippen LogP contribution >= 0.6 is 62.3 Å². The Balaban J connectivity index is 1.59. The molecule has 33 heavy (non-hydrogen) atoms. The Labute approximate surface area is 217 Å². The van der Waals surface area contributed by atoms with E-state index in [1.165, 1.54) is 10.9 Å². The van der Waals surface area contributed by atoms with E-state index in [0.29, 0.717) is 48.1 Å². The van der Waals surface area contributed by atoms with Crippen molar-refractivity contribution in [2.75, 3.05) is 0 Å². The second-order valence-corrected chi connectivity index (χ2v) is 9.58. The molecular formula is C23H14BrCl4N3O2. The largest absolute Gasteiger partial charge is 0.486 e. The van der Waals surface area contributed by atoms with Gasteiger partial charge in [-0.05, 0) is 60.5 Å². The lowest BCUT2D eigenvalue weighted by molar-refractivity contribution is 0.306. The summed E-state index contributed by atoms with van der Waals surface area (Å²) in [5.74, 6) is 0.775. The molecule has 4 aromatic rings. The molecule has 0 saturated heterocycles. The number of fused-ring (bicyclic) bond motifs is 1. The normalized spacial score (nSPS) is 11.5. The van der Waals surface area contributed by atoms with Crippen LogP contribution < -0.4 is 10.3 Å². The molecular weight excluding hydrogens is 572 g/mol. The fourth-order valence-corrected chi connectivity index (χ4v) is 4.39. The van der Waals surface area contributed by atoms with E-state index in [2.05, 4.69) is 26.0 Å². The Kier molecular flexibility index (Phi) is 7.31. The first-order valence-electron chi connectivity index (χ1n) is 9.52. The van der Waals surface area contributed by atoms with E-state index in [9.17, 15) is 4.79 Å². The number of aromatic nitrogens is 2. The number of rotatable bonds is 5. The molecule has 4 rings (SSSR count). The van der Waals surface area contributed by atoms with Gasteiger partial charge in [0.2, 0.25) is 0 Å². The molecule has 0 unspecified atom stereocenters. The topological polar surface area (TPSA) is 56.5 Å². The number of hydrogen-bond acceptors (Lipinski definition) is 4. The Morgan fingerprint density at radius 3 is 2.42 bits per heavy atom. The Hall–Kier alpha value is -2.09. The van der Waals surface area contributed by atoms with Crippen molar-refractivity contribution in [3.63, 3.8) is 0 Å². The summed E-state index contributed by atoms with van der Waals surface area (Å²) in [6, 6.07) is 13.8. The first-order valence-corrected chi connectivity index (χ1v) is 11.8. The van der Waals surface area contributed by atoms with Crippen LogP contribution in [-0.4, -0.2) is 15.9 Å². The maximum absolute atomic E-state index is 12.9. The minimum absolute atomic E-state index is 0.205. The molecule has 5 nitrogen and oxygen atoms in total. The van der Waals surface area contributed by atoms with Gasteiger partial charge in [-0.25, -0.2) is 4.98 Å². The molecule has 168 valence electrons. The minimum Gasteiger partial charge on any atom is -0.486 e. The minimum atomic E-state index is -0.283. The first kappa shape index (κ1) is 24.0. The Morgan fingerprint density at radius 2 is 1.73 bits per heavy atom. The number of halogens is 5. The number of nitrogens with zero attached hydrogens (tertiary/aromatic N) is 3. The highest BCUT2D eigenvalue weighted by Crippen LogP contribution is 2.35. The maximum atomic E-state index is 12.9. The monoisotopic (exact) mass is 583 g/mol. The van der Waals surface area contributed by atoms with Crippen LogP contribution in [0.25, 0.3) is 10.9 Å². The van der Waals surface area contributed by atoms with Gasteiger partial charge in [0.25, 0.3) is 5.56 Å². The summed E-state index contributed by atoms with van der Waals surface area (Å²) in [6.07, 6.45) is 1.49. The molecule has 0 saturated carbocycles. The van der Waals surface area contributed by atoms with Crippen molar-refractivity contribution in [3.05, 3.63) is 100 Å². The summed E-state index contributed by atoms with van der Waals surface area (Å²) in [7, 11) is 0. The van der Waals surface area contributed by atoms with E-state index >= 15 is 0 Å². The number of aryl methyl sites for hydroxylation is 1. The summed E-state index contributed by atoms with van der Waals surface area (Å²) >= 11 is 28.1. The molecule has 1 aromatic heterocycles. The molecule has 0 radical (unpaired) electrons. The summed E-state index contributed by atoms with van der Waals surface area (Å²) < 4.78 is 7.79. The van der Waals surface area contributed by atoms with Gasteiger partial charge >= 0.3 is 0 Å². The zero-order valence-corrected chi connectivity index (χ0v) is 21.6. The van der Waals surface area contributed by atoms with Gasteiger partial charge in [0.05, 0.1) is 37.2 Å². The average molecular weight is 586 g/mol. The maximum Gasteiger partial charge on any atom is 0.282 e. The number of hydrogen-bond donors (Lipinski definition) is 0. The molecule has 0 aliphatic heterocycles. The smallest absolute Gasteiger partial charge is 0.282 e. The van der Waals surface area contributed by atoms with Crippen molar-refractivity contribution in [2.24, 2.45) is 5.10 Å². The first-order chi connectivity index (χ1) is 15.7.